The van der Waals surface area contributed by atoms with Gasteiger partial charge in [-0.3, -0.25) is 0 Å². The molecule has 152 valence electrons. The van der Waals surface area contributed by atoms with Gasteiger partial charge in [0.2, 0.25) is 0 Å². The van der Waals surface area contributed by atoms with Gasteiger partial charge in [-0.15, -0.1) is 0 Å². The molecule has 0 fully saturated rings. The molecule has 0 saturated carbocycles. The van der Waals surface area contributed by atoms with Crippen LogP contribution in [0.5, 0.6) is 0 Å². The maximum absolute atomic E-state index is 11.1. The van der Waals surface area contributed by atoms with Crippen molar-refractivity contribution >= 4 is 10.1 Å². The van der Waals surface area contributed by atoms with E-state index in [9.17, 15) is 13.0 Å². The van der Waals surface area contributed by atoms with Gasteiger partial charge < -0.3 is 9.66 Å². The number of rotatable bonds is 19. The van der Waals surface area contributed by atoms with Crippen LogP contribution < -0.4 is 51.4 Å². The van der Waals surface area contributed by atoms with Crippen LogP contribution in [0.25, 0.3) is 0 Å². The van der Waals surface area contributed by atoms with E-state index in [0.717, 1.165) is 38.5 Å². The van der Waals surface area contributed by atoms with Gasteiger partial charge in [-0.2, -0.15) is 0 Å². The average molecular weight is 417 g/mol. The Kier molecular flexibility index (Phi) is 24.2. The molecular weight excluding hydrogens is 375 g/mol. The Labute approximate surface area is 205 Å². The van der Waals surface area contributed by atoms with E-state index in [1.165, 1.54) is 57.8 Å². The van der Waals surface area contributed by atoms with E-state index < -0.39 is 15.4 Å². The van der Waals surface area contributed by atoms with E-state index in [1.54, 1.807) is 0 Å². The van der Waals surface area contributed by atoms with Crippen LogP contribution in [0.15, 0.2) is 0 Å². The Morgan fingerprint density at radius 2 is 1.04 bits per heavy atom. The summed E-state index contributed by atoms with van der Waals surface area (Å²) in [5, 5.41) is 8.03. The van der Waals surface area contributed by atoms with Crippen LogP contribution in [-0.2, 0) is 10.1 Å². The van der Waals surface area contributed by atoms with Crippen molar-refractivity contribution < 1.29 is 69.5 Å². The summed E-state index contributed by atoms with van der Waals surface area (Å²) in [6, 6.07) is 0. The fraction of sp³-hybridized carbons (Fsp3) is 1.00. The second-order valence-corrected chi connectivity index (χ2v) is 9.02. The van der Waals surface area contributed by atoms with Gasteiger partial charge >= 0.3 is 51.4 Å². The summed E-state index contributed by atoms with van der Waals surface area (Å²) < 4.78 is 33.4. The normalized spacial score (nSPS) is 12.7. The summed E-state index contributed by atoms with van der Waals surface area (Å²) in [4.78, 5) is 0. The summed E-state index contributed by atoms with van der Waals surface area (Å²) >= 11 is 0. The number of aliphatic hydroxyl groups is 1. The van der Waals surface area contributed by atoms with Crippen molar-refractivity contribution in [2.24, 2.45) is 0 Å². The molecule has 1 unspecified atom stereocenters. The molecule has 26 heavy (non-hydrogen) atoms. The Bertz CT molecular complexity index is 374. The SMILES string of the molecule is CCCC(CCCCCCCCCCCCCCCCO)S(=O)(=O)[O-].[K+]. The summed E-state index contributed by atoms with van der Waals surface area (Å²) in [6.07, 6.45) is 18.7. The van der Waals surface area contributed by atoms with Gasteiger partial charge in [0.05, 0.1) is 10.1 Å². The van der Waals surface area contributed by atoms with Crippen LogP contribution in [0.2, 0.25) is 0 Å². The maximum atomic E-state index is 11.1. The van der Waals surface area contributed by atoms with E-state index in [0.29, 0.717) is 19.4 Å². The molecule has 6 heteroatoms. The third-order valence-corrected chi connectivity index (χ3v) is 6.24. The molecule has 0 aromatic heterocycles. The molecule has 0 rings (SSSR count). The van der Waals surface area contributed by atoms with Crippen LogP contribution in [0, 0.1) is 0 Å². The maximum Gasteiger partial charge on any atom is 1.00 e. The van der Waals surface area contributed by atoms with E-state index in [-0.39, 0.29) is 51.4 Å². The Balaban J connectivity index is 0. The van der Waals surface area contributed by atoms with Crippen molar-refractivity contribution in [2.75, 3.05) is 6.61 Å². The van der Waals surface area contributed by atoms with Crippen molar-refractivity contribution in [1.82, 2.24) is 0 Å². The average Bonchev–Trinajstić information content (AvgIpc) is 2.56. The molecule has 0 aliphatic rings. The molecule has 0 amide bonds. The minimum Gasteiger partial charge on any atom is -0.748 e. The predicted octanol–water partition coefficient (Wildman–Crippen LogP) is 2.55. The van der Waals surface area contributed by atoms with Crippen LogP contribution in [0.3, 0.4) is 0 Å². The standard InChI is InChI=1S/C20H42O4S.K/c1-2-17-20(25(22,23)24)18-15-13-11-9-7-5-3-4-6-8-10-12-14-16-19-21;/h20-21H,2-19H2,1H3,(H,22,23,24);/q;+1/p-1. The molecule has 0 aliphatic carbocycles. The predicted molar refractivity (Wildman–Crippen MR) is 105 cm³/mol. The zero-order valence-electron chi connectivity index (χ0n) is 17.4. The quantitative estimate of drug-likeness (QED) is 0.199. The fourth-order valence-corrected chi connectivity index (χ4v) is 4.34. The van der Waals surface area contributed by atoms with Crippen LogP contribution >= 0.6 is 0 Å². The largest absolute Gasteiger partial charge is 1.00 e. The van der Waals surface area contributed by atoms with Crippen molar-refractivity contribution in [3.63, 3.8) is 0 Å². The molecule has 0 spiro atoms. The first-order valence-electron chi connectivity index (χ1n) is 10.6. The third-order valence-electron chi connectivity index (χ3n) is 4.95. The number of hydrogen-bond donors (Lipinski definition) is 1. The third kappa shape index (κ3) is 20.2. The molecule has 0 aliphatic heterocycles. The second kappa shape index (κ2) is 21.2. The minimum atomic E-state index is -4.11. The van der Waals surface area contributed by atoms with Crippen LogP contribution in [0.1, 0.15) is 116 Å². The second-order valence-electron chi connectivity index (χ2n) is 7.37. The first-order chi connectivity index (χ1) is 12.0. The Morgan fingerprint density at radius 3 is 1.35 bits per heavy atom. The van der Waals surface area contributed by atoms with E-state index in [4.69, 9.17) is 5.11 Å². The van der Waals surface area contributed by atoms with Gasteiger partial charge in [0.15, 0.2) is 0 Å². The first-order valence-corrected chi connectivity index (χ1v) is 12.0. The van der Waals surface area contributed by atoms with E-state index in [1.807, 2.05) is 6.92 Å². The summed E-state index contributed by atoms with van der Waals surface area (Å²) in [7, 11) is -4.11. The van der Waals surface area contributed by atoms with Crippen molar-refractivity contribution in [3.8, 4) is 0 Å². The molecule has 0 aromatic rings. The zero-order valence-corrected chi connectivity index (χ0v) is 21.3. The van der Waals surface area contributed by atoms with Gasteiger partial charge in [0.25, 0.3) is 0 Å². The molecule has 0 bridgehead atoms. The summed E-state index contributed by atoms with van der Waals surface area (Å²) in [5.74, 6) is 0. The smallest absolute Gasteiger partial charge is 0.748 e. The molecule has 0 heterocycles. The molecule has 0 saturated heterocycles. The monoisotopic (exact) mass is 416 g/mol. The number of aliphatic hydroxyl groups excluding tert-OH is 1. The molecule has 0 aromatic carbocycles. The Morgan fingerprint density at radius 1 is 0.692 bits per heavy atom. The Hall–Kier alpha value is 1.51. The topological polar surface area (TPSA) is 77.4 Å². The first kappa shape index (κ1) is 29.7. The van der Waals surface area contributed by atoms with Crippen molar-refractivity contribution in [1.29, 1.82) is 0 Å². The number of hydrogen-bond acceptors (Lipinski definition) is 4. The van der Waals surface area contributed by atoms with Gasteiger partial charge in [-0.05, 0) is 19.3 Å². The van der Waals surface area contributed by atoms with E-state index in [2.05, 4.69) is 0 Å². The van der Waals surface area contributed by atoms with E-state index >= 15 is 0 Å². The molecule has 4 nitrogen and oxygen atoms in total. The van der Waals surface area contributed by atoms with Gasteiger partial charge in [-0.1, -0.05) is 96.8 Å². The molecule has 0 radical (unpaired) electrons. The van der Waals surface area contributed by atoms with Crippen LogP contribution in [0.4, 0.5) is 0 Å². The van der Waals surface area contributed by atoms with Gasteiger partial charge in [0, 0.05) is 11.9 Å². The summed E-state index contributed by atoms with van der Waals surface area (Å²) in [5.41, 5.74) is 0. The van der Waals surface area contributed by atoms with Crippen LogP contribution in [-0.4, -0.2) is 29.9 Å². The molecule has 1 atom stereocenters. The number of unbranched alkanes of at least 4 members (excludes halogenated alkanes) is 13. The molecular formula is C20H41KO4S. The van der Waals surface area contributed by atoms with Gasteiger partial charge in [0.1, 0.15) is 0 Å². The fourth-order valence-electron chi connectivity index (χ4n) is 3.36. The zero-order chi connectivity index (χ0) is 18.8. The molecule has 1 N–H and O–H groups in total. The summed E-state index contributed by atoms with van der Waals surface area (Å²) in [6.45, 7) is 2.26. The van der Waals surface area contributed by atoms with Gasteiger partial charge in [-0.25, -0.2) is 8.42 Å². The minimum absolute atomic E-state index is 0. The van der Waals surface area contributed by atoms with Crippen molar-refractivity contribution in [3.05, 3.63) is 0 Å². The van der Waals surface area contributed by atoms with Crippen molar-refractivity contribution in [2.45, 2.75) is 121 Å².